The highest BCUT2D eigenvalue weighted by molar-refractivity contribution is 5.84. The third kappa shape index (κ3) is 2.29. The summed E-state index contributed by atoms with van der Waals surface area (Å²) in [5.74, 6) is 0. The molecule has 0 spiro atoms. The van der Waals surface area contributed by atoms with Crippen LogP contribution in [0.5, 0.6) is 0 Å². The average Bonchev–Trinajstić information content (AvgIpc) is 2.95. The number of aromatic nitrogens is 2. The molecule has 0 fully saturated rings. The number of benzene rings is 2. The Hall–Kier alpha value is -2.87. The summed E-state index contributed by atoms with van der Waals surface area (Å²) >= 11 is 0. The van der Waals surface area contributed by atoms with Gasteiger partial charge in [0.2, 0.25) is 0 Å². The van der Waals surface area contributed by atoms with Crippen molar-refractivity contribution in [2.45, 2.75) is 6.54 Å². The highest BCUT2D eigenvalue weighted by atomic mass is 15.0. The van der Waals surface area contributed by atoms with Crippen LogP contribution in [0.4, 0.5) is 0 Å². The van der Waals surface area contributed by atoms with Crippen LogP contribution >= 0.6 is 0 Å². The predicted molar refractivity (Wildman–Crippen MR) is 90.7 cm³/mol. The summed E-state index contributed by atoms with van der Waals surface area (Å²) in [5, 5.41) is 1.18. The zero-order valence-corrected chi connectivity index (χ0v) is 12.2. The summed E-state index contributed by atoms with van der Waals surface area (Å²) in [7, 11) is 0. The molecule has 4 aromatic rings. The average molecular weight is 284 g/mol. The van der Waals surface area contributed by atoms with Gasteiger partial charge in [-0.05, 0) is 29.3 Å². The molecule has 0 saturated carbocycles. The van der Waals surface area contributed by atoms with Gasteiger partial charge in [-0.15, -0.1) is 0 Å². The van der Waals surface area contributed by atoms with E-state index in [0.717, 1.165) is 12.2 Å². The van der Waals surface area contributed by atoms with E-state index < -0.39 is 0 Å². The molecular formula is C20H16N2. The first kappa shape index (κ1) is 12.8. The molecule has 0 bridgehead atoms. The van der Waals surface area contributed by atoms with Gasteiger partial charge in [0.05, 0.1) is 5.69 Å². The van der Waals surface area contributed by atoms with Crippen LogP contribution < -0.4 is 0 Å². The van der Waals surface area contributed by atoms with Crippen molar-refractivity contribution in [2.75, 3.05) is 0 Å². The third-order valence-electron chi connectivity index (χ3n) is 3.91. The SMILES string of the molecule is c1ccc(Cn2c(-c3ccccc3)cc3cccnc32)cc1. The van der Waals surface area contributed by atoms with Crippen molar-refractivity contribution in [1.82, 2.24) is 9.55 Å². The molecule has 2 aromatic heterocycles. The van der Waals surface area contributed by atoms with E-state index in [1.807, 2.05) is 24.4 Å². The highest BCUT2D eigenvalue weighted by Crippen LogP contribution is 2.27. The van der Waals surface area contributed by atoms with Crippen LogP contribution in [0.1, 0.15) is 5.56 Å². The molecule has 0 unspecified atom stereocenters. The summed E-state index contributed by atoms with van der Waals surface area (Å²) in [4.78, 5) is 4.59. The van der Waals surface area contributed by atoms with Crippen LogP contribution in [0, 0.1) is 0 Å². The quantitative estimate of drug-likeness (QED) is 0.531. The lowest BCUT2D eigenvalue weighted by atomic mass is 10.1. The molecule has 0 N–H and O–H groups in total. The van der Waals surface area contributed by atoms with Gasteiger partial charge in [-0.1, -0.05) is 60.7 Å². The minimum absolute atomic E-state index is 0.825. The number of hydrogen-bond acceptors (Lipinski definition) is 1. The summed E-state index contributed by atoms with van der Waals surface area (Å²) in [6.07, 6.45) is 1.86. The van der Waals surface area contributed by atoms with Crippen LogP contribution in [0.3, 0.4) is 0 Å². The van der Waals surface area contributed by atoms with E-state index >= 15 is 0 Å². The van der Waals surface area contributed by atoms with Gasteiger partial charge >= 0.3 is 0 Å². The fourth-order valence-corrected chi connectivity index (χ4v) is 2.86. The lowest BCUT2D eigenvalue weighted by molar-refractivity contribution is 0.833. The van der Waals surface area contributed by atoms with Crippen LogP contribution in [0.15, 0.2) is 85.1 Å². The number of pyridine rings is 1. The molecule has 2 heteroatoms. The first-order valence-corrected chi connectivity index (χ1v) is 7.45. The van der Waals surface area contributed by atoms with Crippen molar-refractivity contribution >= 4 is 11.0 Å². The highest BCUT2D eigenvalue weighted by Gasteiger charge is 2.11. The molecule has 0 aliphatic rings. The summed E-state index contributed by atoms with van der Waals surface area (Å²) in [5.41, 5.74) is 4.74. The first-order valence-electron chi connectivity index (χ1n) is 7.45. The van der Waals surface area contributed by atoms with Gasteiger partial charge in [0.1, 0.15) is 5.65 Å². The van der Waals surface area contributed by atoms with E-state index in [0.29, 0.717) is 0 Å². The van der Waals surface area contributed by atoms with Crippen molar-refractivity contribution in [3.63, 3.8) is 0 Å². The molecule has 2 aromatic carbocycles. The Morgan fingerprint density at radius 3 is 2.27 bits per heavy atom. The zero-order chi connectivity index (χ0) is 14.8. The molecule has 4 rings (SSSR count). The van der Waals surface area contributed by atoms with Crippen LogP contribution in [0.2, 0.25) is 0 Å². The van der Waals surface area contributed by atoms with E-state index in [-0.39, 0.29) is 0 Å². The largest absolute Gasteiger partial charge is 0.321 e. The molecule has 0 atom stereocenters. The van der Waals surface area contributed by atoms with Crippen LogP contribution in [-0.4, -0.2) is 9.55 Å². The van der Waals surface area contributed by atoms with Crippen molar-refractivity contribution in [3.8, 4) is 11.3 Å². The fourth-order valence-electron chi connectivity index (χ4n) is 2.86. The van der Waals surface area contributed by atoms with E-state index in [4.69, 9.17) is 0 Å². The van der Waals surface area contributed by atoms with Gasteiger partial charge in [0, 0.05) is 18.1 Å². The maximum Gasteiger partial charge on any atom is 0.140 e. The molecule has 0 aliphatic carbocycles. The van der Waals surface area contributed by atoms with Gasteiger partial charge in [-0.25, -0.2) is 4.98 Å². The lowest BCUT2D eigenvalue weighted by Gasteiger charge is -2.10. The summed E-state index contributed by atoms with van der Waals surface area (Å²) < 4.78 is 2.29. The van der Waals surface area contributed by atoms with Crippen molar-refractivity contribution in [3.05, 3.63) is 90.6 Å². The Bertz CT molecular complexity index is 893. The van der Waals surface area contributed by atoms with Crippen LogP contribution in [0.25, 0.3) is 22.3 Å². The lowest BCUT2D eigenvalue weighted by Crippen LogP contribution is -2.02. The Kier molecular flexibility index (Phi) is 3.20. The van der Waals surface area contributed by atoms with E-state index in [1.54, 1.807) is 0 Å². The van der Waals surface area contributed by atoms with Gasteiger partial charge in [0.25, 0.3) is 0 Å². The molecule has 2 nitrogen and oxygen atoms in total. The Morgan fingerprint density at radius 1 is 0.773 bits per heavy atom. The second kappa shape index (κ2) is 5.49. The zero-order valence-electron chi connectivity index (χ0n) is 12.2. The first-order chi connectivity index (χ1) is 10.9. The molecule has 2 heterocycles. The monoisotopic (exact) mass is 284 g/mol. The minimum atomic E-state index is 0.825. The summed E-state index contributed by atoms with van der Waals surface area (Å²) in [6.45, 7) is 0.825. The van der Waals surface area contributed by atoms with Gasteiger partial charge in [-0.2, -0.15) is 0 Å². The van der Waals surface area contributed by atoms with Crippen molar-refractivity contribution in [1.29, 1.82) is 0 Å². The smallest absolute Gasteiger partial charge is 0.140 e. The molecule has 0 amide bonds. The molecule has 22 heavy (non-hydrogen) atoms. The second-order valence-electron chi connectivity index (χ2n) is 5.38. The minimum Gasteiger partial charge on any atom is -0.321 e. The maximum atomic E-state index is 4.59. The number of hydrogen-bond donors (Lipinski definition) is 0. The van der Waals surface area contributed by atoms with E-state index in [1.165, 1.54) is 22.2 Å². The Morgan fingerprint density at radius 2 is 1.50 bits per heavy atom. The molecule has 0 aliphatic heterocycles. The van der Waals surface area contributed by atoms with E-state index in [2.05, 4.69) is 70.2 Å². The topological polar surface area (TPSA) is 17.8 Å². The molecular weight excluding hydrogens is 268 g/mol. The van der Waals surface area contributed by atoms with E-state index in [9.17, 15) is 0 Å². The molecule has 106 valence electrons. The standard InChI is InChI=1S/C20H16N2/c1-3-8-16(9-4-1)15-22-19(17-10-5-2-6-11-17)14-18-12-7-13-21-20(18)22/h1-14H,15H2. The maximum absolute atomic E-state index is 4.59. The van der Waals surface area contributed by atoms with Gasteiger partial charge in [-0.3, -0.25) is 0 Å². The van der Waals surface area contributed by atoms with Gasteiger partial charge < -0.3 is 4.57 Å². The number of nitrogens with zero attached hydrogens (tertiary/aromatic N) is 2. The fraction of sp³-hybridized carbons (Fsp3) is 0.0500. The Balaban J connectivity index is 1.91. The third-order valence-corrected chi connectivity index (χ3v) is 3.91. The number of fused-ring (bicyclic) bond motifs is 1. The molecule has 0 radical (unpaired) electrons. The summed E-state index contributed by atoms with van der Waals surface area (Å²) in [6, 6.07) is 27.4. The van der Waals surface area contributed by atoms with Crippen molar-refractivity contribution in [2.24, 2.45) is 0 Å². The second-order valence-corrected chi connectivity index (χ2v) is 5.38. The van der Waals surface area contributed by atoms with Gasteiger partial charge in [0.15, 0.2) is 0 Å². The van der Waals surface area contributed by atoms with Crippen LogP contribution in [-0.2, 0) is 6.54 Å². The molecule has 0 saturated heterocycles. The Labute approximate surface area is 129 Å². The number of rotatable bonds is 3. The predicted octanol–water partition coefficient (Wildman–Crippen LogP) is 4.75. The normalized spacial score (nSPS) is 10.9. The van der Waals surface area contributed by atoms with Crippen molar-refractivity contribution < 1.29 is 0 Å².